The molecule has 5 heteroatoms. The normalized spacial score (nSPS) is 42.7. The Morgan fingerprint density at radius 1 is 0.870 bits per heavy atom. The van der Waals surface area contributed by atoms with Crippen molar-refractivity contribution in [2.45, 2.75) is 137 Å². The van der Waals surface area contributed by atoms with Gasteiger partial charge in [-0.2, -0.15) is 0 Å². The summed E-state index contributed by atoms with van der Waals surface area (Å²) >= 11 is 0. The molecular formula is C41H62N2O3. The minimum atomic E-state index is -0.850. The molecule has 0 radical (unpaired) electrons. The van der Waals surface area contributed by atoms with Crippen molar-refractivity contribution in [3.05, 3.63) is 47.5 Å². The highest BCUT2D eigenvalue weighted by molar-refractivity contribution is 5.87. The monoisotopic (exact) mass is 630 g/mol. The zero-order valence-corrected chi connectivity index (χ0v) is 30.1. The van der Waals surface area contributed by atoms with E-state index in [0.29, 0.717) is 53.0 Å². The topological polar surface area (TPSA) is 78.4 Å². The van der Waals surface area contributed by atoms with Gasteiger partial charge < -0.3 is 15.7 Å². The summed E-state index contributed by atoms with van der Waals surface area (Å²) in [6.07, 6.45) is 12.3. The number of amides is 1. The Morgan fingerprint density at radius 3 is 2.20 bits per heavy atom. The maximum Gasteiger partial charge on any atom is 0.335 e. The second kappa shape index (κ2) is 11.5. The highest BCUT2D eigenvalue weighted by Gasteiger charge is 2.70. The zero-order valence-electron chi connectivity index (χ0n) is 30.1. The van der Waals surface area contributed by atoms with E-state index < -0.39 is 5.97 Å². The van der Waals surface area contributed by atoms with E-state index in [1.54, 1.807) is 12.1 Å². The first kappa shape index (κ1) is 33.7. The maximum atomic E-state index is 12.8. The lowest BCUT2D eigenvalue weighted by Gasteiger charge is -2.73. The Kier molecular flexibility index (Phi) is 8.43. The highest BCUT2D eigenvalue weighted by atomic mass is 16.4. The van der Waals surface area contributed by atoms with Crippen LogP contribution in [0.4, 0.5) is 0 Å². The molecule has 0 spiro atoms. The van der Waals surface area contributed by atoms with Crippen LogP contribution in [0.25, 0.3) is 0 Å². The van der Waals surface area contributed by atoms with E-state index in [9.17, 15) is 14.7 Å². The average molecular weight is 631 g/mol. The van der Waals surface area contributed by atoms with Crippen LogP contribution in [0, 0.1) is 51.2 Å². The third kappa shape index (κ3) is 4.95. The summed E-state index contributed by atoms with van der Waals surface area (Å²) in [5, 5.41) is 16.5. The van der Waals surface area contributed by atoms with Crippen LogP contribution in [0.5, 0.6) is 0 Å². The molecule has 46 heavy (non-hydrogen) atoms. The first-order chi connectivity index (χ1) is 21.5. The number of carboxylic acid groups (broad SMARTS) is 1. The molecule has 5 fully saturated rings. The van der Waals surface area contributed by atoms with E-state index in [1.165, 1.54) is 62.5 Å². The number of hydrogen-bond acceptors (Lipinski definition) is 3. The van der Waals surface area contributed by atoms with Gasteiger partial charge in [0, 0.05) is 11.6 Å². The first-order valence-corrected chi connectivity index (χ1v) is 18.5. The quantitative estimate of drug-likeness (QED) is 0.263. The number of allylic oxidation sites excluding steroid dienone is 1. The van der Waals surface area contributed by atoms with Gasteiger partial charge in [-0.1, -0.05) is 58.9 Å². The molecule has 10 atom stereocenters. The Bertz CT molecular complexity index is 1370. The van der Waals surface area contributed by atoms with Gasteiger partial charge in [-0.15, -0.1) is 0 Å². The molecule has 5 nitrogen and oxygen atoms in total. The number of nitrogens with one attached hydrogen (secondary N) is 2. The molecule has 0 bridgehead atoms. The highest BCUT2D eigenvalue weighted by Crippen LogP contribution is 2.77. The molecule has 5 aliphatic carbocycles. The van der Waals surface area contributed by atoms with Gasteiger partial charge in [0.1, 0.15) is 0 Å². The second-order valence-electron chi connectivity index (χ2n) is 18.3. The number of fused-ring (bicyclic) bond motifs is 7. The number of rotatable bonds is 7. The summed E-state index contributed by atoms with van der Waals surface area (Å²) in [6, 6.07) is 7.95. The third-order valence-corrected chi connectivity index (χ3v) is 15.7. The molecule has 1 aromatic rings. The molecule has 1 aromatic carbocycles. The van der Waals surface area contributed by atoms with Gasteiger partial charge in [-0.05, 0) is 160 Å². The Hall–Kier alpha value is -2.14. The zero-order chi connectivity index (χ0) is 33.4. The fourth-order valence-electron chi connectivity index (χ4n) is 13.5. The van der Waals surface area contributed by atoms with Crippen LogP contribution in [-0.2, 0) is 4.79 Å². The van der Waals surface area contributed by atoms with Gasteiger partial charge in [0.05, 0.1) is 12.1 Å². The lowest BCUT2D eigenvalue weighted by molar-refractivity contribution is -0.233. The summed E-state index contributed by atoms with van der Waals surface area (Å²) in [5.41, 5.74) is 4.06. The summed E-state index contributed by atoms with van der Waals surface area (Å²) in [7, 11) is 0. The van der Waals surface area contributed by atoms with E-state index in [4.69, 9.17) is 0 Å². The van der Waals surface area contributed by atoms with Gasteiger partial charge in [0.2, 0.25) is 5.91 Å². The van der Waals surface area contributed by atoms with E-state index in [0.717, 1.165) is 12.8 Å². The molecule has 0 unspecified atom stereocenters. The lowest BCUT2D eigenvalue weighted by atomic mass is 9.32. The summed E-state index contributed by atoms with van der Waals surface area (Å²) in [6.45, 7) is 24.4. The molecule has 1 amide bonds. The molecule has 0 heterocycles. The van der Waals surface area contributed by atoms with Gasteiger partial charge in [0.25, 0.3) is 0 Å². The van der Waals surface area contributed by atoms with Crippen molar-refractivity contribution in [3.63, 3.8) is 0 Å². The SMILES string of the molecule is C=C(C)[C@@H]1CC[C@]2(NCC(=O)NC(C)C)CC[C@]3(C)[C@H](CC[C@@H]4[C@@]5(C)CC[C@H](c6ccc(C(=O)O)cc6)C(C)(C)[C@@H]5CC[C@]43C)[C@@H]12. The third-order valence-electron chi connectivity index (χ3n) is 15.7. The Morgan fingerprint density at radius 2 is 1.57 bits per heavy atom. The molecule has 0 aromatic heterocycles. The summed E-state index contributed by atoms with van der Waals surface area (Å²) in [5.74, 6) is 2.79. The average Bonchev–Trinajstić information content (AvgIpc) is 3.36. The second-order valence-corrected chi connectivity index (χ2v) is 18.3. The van der Waals surface area contributed by atoms with Crippen LogP contribution in [-0.4, -0.2) is 35.1 Å². The van der Waals surface area contributed by atoms with Gasteiger partial charge in [-0.25, -0.2) is 4.79 Å². The number of carbonyl (C=O) groups is 2. The van der Waals surface area contributed by atoms with Crippen molar-refractivity contribution in [2.75, 3.05) is 6.54 Å². The van der Waals surface area contributed by atoms with Crippen molar-refractivity contribution in [2.24, 2.45) is 51.2 Å². The number of hydrogen-bond donors (Lipinski definition) is 3. The summed E-state index contributed by atoms with van der Waals surface area (Å²) in [4.78, 5) is 24.4. The number of benzene rings is 1. The largest absolute Gasteiger partial charge is 0.478 e. The van der Waals surface area contributed by atoms with Crippen molar-refractivity contribution in [1.82, 2.24) is 10.6 Å². The van der Waals surface area contributed by atoms with E-state index >= 15 is 0 Å². The minimum Gasteiger partial charge on any atom is -0.478 e. The van der Waals surface area contributed by atoms with Gasteiger partial charge in [0.15, 0.2) is 0 Å². The molecule has 0 aliphatic heterocycles. The van der Waals surface area contributed by atoms with Crippen LogP contribution in [0.1, 0.15) is 141 Å². The van der Waals surface area contributed by atoms with Gasteiger partial charge in [-0.3, -0.25) is 4.79 Å². The Balaban J connectivity index is 1.29. The lowest BCUT2D eigenvalue weighted by Crippen LogP contribution is -2.68. The predicted octanol–water partition coefficient (Wildman–Crippen LogP) is 8.99. The molecular weight excluding hydrogens is 568 g/mol. The molecule has 5 aliphatic rings. The molecule has 3 N–H and O–H groups in total. The molecule has 5 saturated carbocycles. The predicted molar refractivity (Wildman–Crippen MR) is 187 cm³/mol. The Labute approximate surface area is 279 Å². The summed E-state index contributed by atoms with van der Waals surface area (Å²) < 4.78 is 0. The number of carbonyl (C=O) groups excluding carboxylic acids is 1. The molecule has 254 valence electrons. The van der Waals surface area contributed by atoms with E-state index in [2.05, 4.69) is 70.9 Å². The maximum absolute atomic E-state index is 12.8. The fourth-order valence-corrected chi connectivity index (χ4v) is 13.5. The van der Waals surface area contributed by atoms with E-state index in [-0.39, 0.29) is 33.7 Å². The van der Waals surface area contributed by atoms with Crippen LogP contribution < -0.4 is 10.6 Å². The van der Waals surface area contributed by atoms with Crippen LogP contribution in [0.3, 0.4) is 0 Å². The van der Waals surface area contributed by atoms with Crippen LogP contribution in [0.15, 0.2) is 36.4 Å². The van der Waals surface area contributed by atoms with Crippen LogP contribution in [0.2, 0.25) is 0 Å². The molecule has 0 saturated heterocycles. The number of carboxylic acids is 1. The molecule has 6 rings (SSSR count). The minimum absolute atomic E-state index is 0.0304. The van der Waals surface area contributed by atoms with E-state index in [1.807, 2.05) is 13.8 Å². The van der Waals surface area contributed by atoms with Crippen molar-refractivity contribution >= 4 is 11.9 Å². The fraction of sp³-hybridized carbons (Fsp3) is 0.756. The smallest absolute Gasteiger partial charge is 0.335 e. The standard InChI is InChI=1S/C41H62N2O3/c1-25(2)29-16-21-41(42-24-34(44)43-26(3)4)23-22-39(8)31(35(29)41)14-15-33-38(7)19-17-30(27-10-12-28(13-11-27)36(45)46)37(5,6)32(38)18-20-40(33,39)9/h10-13,26,29-33,35,42H,1,14-24H2,2-9H3,(H,43,44)(H,45,46)/t29-,30+,31+,32-,33+,35+,38-,39+,40+,41-/m0/s1. The van der Waals surface area contributed by atoms with Gasteiger partial charge >= 0.3 is 5.97 Å². The van der Waals surface area contributed by atoms with Crippen LogP contribution >= 0.6 is 0 Å². The number of aromatic carboxylic acids is 1. The van der Waals surface area contributed by atoms with Crippen molar-refractivity contribution in [3.8, 4) is 0 Å². The van der Waals surface area contributed by atoms with Crippen molar-refractivity contribution in [1.29, 1.82) is 0 Å². The van der Waals surface area contributed by atoms with Crippen molar-refractivity contribution < 1.29 is 14.7 Å². The first-order valence-electron chi connectivity index (χ1n) is 18.5.